The van der Waals surface area contributed by atoms with Crippen LogP contribution in [0.3, 0.4) is 0 Å². The van der Waals surface area contributed by atoms with Gasteiger partial charge in [-0.05, 0) is 36.8 Å². The van der Waals surface area contributed by atoms with Gasteiger partial charge in [-0.25, -0.2) is 0 Å². The van der Waals surface area contributed by atoms with Crippen molar-refractivity contribution in [3.63, 3.8) is 0 Å². The summed E-state index contributed by atoms with van der Waals surface area (Å²) in [6, 6.07) is 8.37. The van der Waals surface area contributed by atoms with Gasteiger partial charge in [0.1, 0.15) is 0 Å². The lowest BCUT2D eigenvalue weighted by Crippen LogP contribution is -2.38. The molecule has 0 aromatic heterocycles. The smallest absolute Gasteiger partial charge is 0.0739 e. The number of thiocarbonyl (C=S) groups is 1. The van der Waals surface area contributed by atoms with Gasteiger partial charge in [-0.15, -0.1) is 0 Å². The average molecular weight is 264 g/mol. The molecular formula is C13H20N4S. The minimum absolute atomic E-state index is 0.423. The van der Waals surface area contributed by atoms with Gasteiger partial charge in [0.25, 0.3) is 0 Å². The van der Waals surface area contributed by atoms with Gasteiger partial charge < -0.3 is 16.4 Å². The first-order valence-electron chi connectivity index (χ1n) is 6.07. The van der Waals surface area contributed by atoms with Crippen LogP contribution in [0, 0.1) is 0 Å². The van der Waals surface area contributed by atoms with Gasteiger partial charge in [0.05, 0.1) is 10.8 Å². The number of isothiocyanates is 1. The number of hydrogen-bond donors (Lipinski definition) is 3. The molecule has 4 nitrogen and oxygen atoms in total. The molecule has 0 spiro atoms. The molecule has 1 atom stereocenters. The van der Waals surface area contributed by atoms with Crippen molar-refractivity contribution in [1.82, 2.24) is 10.6 Å². The third kappa shape index (κ3) is 6.00. The van der Waals surface area contributed by atoms with E-state index in [0.717, 1.165) is 25.3 Å². The van der Waals surface area contributed by atoms with Crippen LogP contribution in [0.25, 0.3) is 0 Å². The minimum atomic E-state index is 0.423. The SMILES string of the molecule is CC(CNCc1ccc(N=C=S)cc1)NCCN. The Morgan fingerprint density at radius 2 is 2.11 bits per heavy atom. The Labute approximate surface area is 114 Å². The van der Waals surface area contributed by atoms with Crippen molar-refractivity contribution in [3.05, 3.63) is 29.8 Å². The molecule has 0 saturated carbocycles. The molecule has 1 unspecified atom stereocenters. The largest absolute Gasteiger partial charge is 0.329 e. The van der Waals surface area contributed by atoms with Crippen LogP contribution < -0.4 is 16.4 Å². The summed E-state index contributed by atoms with van der Waals surface area (Å²) in [7, 11) is 0. The molecule has 0 saturated heterocycles. The molecule has 0 radical (unpaired) electrons. The van der Waals surface area contributed by atoms with E-state index in [1.54, 1.807) is 0 Å². The van der Waals surface area contributed by atoms with Crippen molar-refractivity contribution in [1.29, 1.82) is 0 Å². The van der Waals surface area contributed by atoms with Crippen LogP contribution in [0.2, 0.25) is 0 Å². The number of hydrogen-bond acceptors (Lipinski definition) is 5. The molecule has 0 aliphatic rings. The molecule has 1 rings (SSSR count). The summed E-state index contributed by atoms with van der Waals surface area (Å²) in [6.45, 7) is 5.43. The topological polar surface area (TPSA) is 62.4 Å². The zero-order valence-electron chi connectivity index (χ0n) is 10.6. The van der Waals surface area contributed by atoms with Gasteiger partial charge in [0.15, 0.2) is 0 Å². The molecular weight excluding hydrogens is 244 g/mol. The van der Waals surface area contributed by atoms with E-state index in [4.69, 9.17) is 5.73 Å². The van der Waals surface area contributed by atoms with Gasteiger partial charge in [-0.3, -0.25) is 0 Å². The fourth-order valence-electron chi connectivity index (χ4n) is 1.58. The van der Waals surface area contributed by atoms with Crippen LogP contribution in [0.15, 0.2) is 29.3 Å². The van der Waals surface area contributed by atoms with Crippen molar-refractivity contribution in [2.75, 3.05) is 19.6 Å². The quantitative estimate of drug-likeness (QED) is 0.491. The Morgan fingerprint density at radius 1 is 1.39 bits per heavy atom. The van der Waals surface area contributed by atoms with E-state index in [-0.39, 0.29) is 0 Å². The number of aliphatic imine (C=N–C) groups is 1. The summed E-state index contributed by atoms with van der Waals surface area (Å²) in [5.41, 5.74) is 7.50. The van der Waals surface area contributed by atoms with E-state index in [2.05, 4.69) is 39.9 Å². The van der Waals surface area contributed by atoms with Gasteiger partial charge in [0, 0.05) is 32.2 Å². The first-order chi connectivity index (χ1) is 8.76. The zero-order valence-corrected chi connectivity index (χ0v) is 11.5. The minimum Gasteiger partial charge on any atom is -0.329 e. The maximum Gasteiger partial charge on any atom is 0.0739 e. The summed E-state index contributed by atoms with van der Waals surface area (Å²) in [4.78, 5) is 3.91. The van der Waals surface area contributed by atoms with Crippen LogP contribution in [0.5, 0.6) is 0 Å². The highest BCUT2D eigenvalue weighted by molar-refractivity contribution is 7.78. The van der Waals surface area contributed by atoms with E-state index in [0.29, 0.717) is 12.6 Å². The summed E-state index contributed by atoms with van der Waals surface area (Å²) in [5.74, 6) is 0. The molecule has 0 aliphatic heterocycles. The second-order valence-corrected chi connectivity index (χ2v) is 4.33. The predicted molar refractivity (Wildman–Crippen MR) is 79.4 cm³/mol. The number of nitrogens with zero attached hydrogens (tertiary/aromatic N) is 1. The Kier molecular flexibility index (Phi) is 7.41. The second-order valence-electron chi connectivity index (χ2n) is 4.14. The number of nitrogens with two attached hydrogens (primary N) is 1. The predicted octanol–water partition coefficient (Wildman–Crippen LogP) is 1.45. The van der Waals surface area contributed by atoms with E-state index < -0.39 is 0 Å². The van der Waals surface area contributed by atoms with E-state index in [1.807, 2.05) is 24.3 Å². The number of rotatable bonds is 8. The van der Waals surface area contributed by atoms with Crippen molar-refractivity contribution >= 4 is 23.1 Å². The first-order valence-corrected chi connectivity index (χ1v) is 6.48. The van der Waals surface area contributed by atoms with Crippen LogP contribution in [-0.2, 0) is 6.54 Å². The van der Waals surface area contributed by atoms with Crippen molar-refractivity contribution in [2.24, 2.45) is 10.7 Å². The molecule has 0 aliphatic carbocycles. The highest BCUT2D eigenvalue weighted by Crippen LogP contribution is 2.11. The molecule has 1 aromatic rings. The average Bonchev–Trinajstić information content (AvgIpc) is 2.39. The lowest BCUT2D eigenvalue weighted by molar-refractivity contribution is 0.507. The van der Waals surface area contributed by atoms with E-state index in [1.165, 1.54) is 5.56 Å². The zero-order chi connectivity index (χ0) is 13.2. The highest BCUT2D eigenvalue weighted by atomic mass is 32.1. The Hall–Kier alpha value is -1.10. The fraction of sp³-hybridized carbons (Fsp3) is 0.462. The molecule has 0 heterocycles. The van der Waals surface area contributed by atoms with E-state index in [9.17, 15) is 0 Å². The van der Waals surface area contributed by atoms with Gasteiger partial charge in [-0.2, -0.15) is 4.99 Å². The first kappa shape index (κ1) is 15.0. The molecule has 18 heavy (non-hydrogen) atoms. The van der Waals surface area contributed by atoms with Crippen molar-refractivity contribution < 1.29 is 0 Å². The lowest BCUT2D eigenvalue weighted by Gasteiger charge is -2.14. The summed E-state index contributed by atoms with van der Waals surface area (Å²) >= 11 is 4.56. The molecule has 1 aromatic carbocycles. The van der Waals surface area contributed by atoms with Crippen LogP contribution in [0.1, 0.15) is 12.5 Å². The van der Waals surface area contributed by atoms with E-state index >= 15 is 0 Å². The maximum absolute atomic E-state index is 5.43. The second kappa shape index (κ2) is 8.91. The Morgan fingerprint density at radius 3 is 2.72 bits per heavy atom. The monoisotopic (exact) mass is 264 g/mol. The Bertz CT molecular complexity index is 384. The van der Waals surface area contributed by atoms with Crippen LogP contribution in [-0.4, -0.2) is 30.8 Å². The molecule has 0 fully saturated rings. The van der Waals surface area contributed by atoms with Crippen molar-refractivity contribution in [2.45, 2.75) is 19.5 Å². The lowest BCUT2D eigenvalue weighted by atomic mass is 10.2. The summed E-state index contributed by atoms with van der Waals surface area (Å²) in [6.07, 6.45) is 0. The number of nitrogens with one attached hydrogen (secondary N) is 2. The molecule has 98 valence electrons. The van der Waals surface area contributed by atoms with Gasteiger partial charge >= 0.3 is 0 Å². The van der Waals surface area contributed by atoms with Crippen molar-refractivity contribution in [3.8, 4) is 0 Å². The van der Waals surface area contributed by atoms with Gasteiger partial charge in [-0.1, -0.05) is 12.1 Å². The van der Waals surface area contributed by atoms with Gasteiger partial charge in [0.2, 0.25) is 0 Å². The normalized spacial score (nSPS) is 11.9. The summed E-state index contributed by atoms with van der Waals surface area (Å²) < 4.78 is 0. The maximum atomic E-state index is 5.43. The molecule has 5 heteroatoms. The summed E-state index contributed by atoms with van der Waals surface area (Å²) in [5, 5.41) is 9.07. The Balaban J connectivity index is 2.28. The molecule has 4 N–H and O–H groups in total. The van der Waals surface area contributed by atoms with Crippen LogP contribution in [0.4, 0.5) is 5.69 Å². The molecule has 0 amide bonds. The third-order valence-electron chi connectivity index (χ3n) is 2.53. The van der Waals surface area contributed by atoms with Crippen LogP contribution >= 0.6 is 12.2 Å². The fourth-order valence-corrected chi connectivity index (χ4v) is 1.68. The number of benzene rings is 1. The molecule has 0 bridgehead atoms. The third-order valence-corrected chi connectivity index (χ3v) is 2.62. The standard InChI is InChI=1S/C13H20N4S/c1-11(16-7-6-14)8-15-9-12-2-4-13(5-3-12)17-10-18/h2-5,11,15-16H,6-9,14H2,1H3. The highest BCUT2D eigenvalue weighted by Gasteiger charge is 1.99.